The molecule has 1 amide bonds. The molecule has 1 heterocycles. The molecule has 0 fully saturated rings. The first-order valence-corrected chi connectivity index (χ1v) is 7.30. The van der Waals surface area contributed by atoms with E-state index in [2.05, 4.69) is 17.0 Å². The molecule has 1 N–H and O–H groups in total. The molecule has 5 heteroatoms. The van der Waals surface area contributed by atoms with Gasteiger partial charge < -0.3 is 4.74 Å². The number of rotatable bonds is 5. The summed E-state index contributed by atoms with van der Waals surface area (Å²) < 4.78 is 7.00. The van der Waals surface area contributed by atoms with Gasteiger partial charge in [-0.3, -0.25) is 10.00 Å². The molecule has 0 saturated heterocycles. The zero-order chi connectivity index (χ0) is 16.1. The lowest BCUT2D eigenvalue weighted by Gasteiger charge is -2.07. The Morgan fingerprint density at radius 3 is 2.87 bits per heavy atom. The van der Waals surface area contributed by atoms with E-state index in [1.54, 1.807) is 10.8 Å². The number of amides is 1. The van der Waals surface area contributed by atoms with Crippen molar-refractivity contribution in [2.75, 3.05) is 5.32 Å². The van der Waals surface area contributed by atoms with Crippen LogP contribution in [0.2, 0.25) is 0 Å². The number of carbonyl (C=O) groups is 1. The summed E-state index contributed by atoms with van der Waals surface area (Å²) in [6.07, 6.45) is 3.24. The molecular formula is C18H17N3O2. The topological polar surface area (TPSA) is 56.2 Å². The number of hydrogen-bond donors (Lipinski definition) is 1. The minimum atomic E-state index is -0.487. The molecule has 0 atom stereocenters. The number of carbonyl (C=O) groups excluding carboxylic acids is 1. The monoisotopic (exact) mass is 307 g/mol. The van der Waals surface area contributed by atoms with Crippen molar-refractivity contribution in [3.8, 4) is 0 Å². The highest BCUT2D eigenvalue weighted by molar-refractivity contribution is 5.89. The molecule has 5 nitrogen and oxygen atoms in total. The molecule has 3 rings (SSSR count). The van der Waals surface area contributed by atoms with E-state index in [1.807, 2.05) is 54.7 Å². The van der Waals surface area contributed by atoms with Crippen molar-refractivity contribution in [3.05, 3.63) is 72.9 Å². The van der Waals surface area contributed by atoms with Crippen molar-refractivity contribution in [2.45, 2.75) is 13.2 Å². The highest BCUT2D eigenvalue weighted by Gasteiger charge is 2.06. The van der Waals surface area contributed by atoms with Gasteiger partial charge in [-0.1, -0.05) is 36.4 Å². The smallest absolute Gasteiger partial charge is 0.411 e. The van der Waals surface area contributed by atoms with Crippen molar-refractivity contribution in [1.29, 1.82) is 0 Å². The van der Waals surface area contributed by atoms with Crippen molar-refractivity contribution in [3.63, 3.8) is 0 Å². The average molecular weight is 307 g/mol. The Hall–Kier alpha value is -3.08. The highest BCUT2D eigenvalue weighted by Crippen LogP contribution is 2.18. The SMILES string of the molecule is C=CCn1cc2ccc(NC(=O)OCc3ccccc3)cc2n1. The molecule has 0 aliphatic rings. The molecular weight excluding hydrogens is 290 g/mol. The van der Waals surface area contributed by atoms with Gasteiger partial charge in [0, 0.05) is 17.3 Å². The molecule has 0 spiro atoms. The predicted octanol–water partition coefficient (Wildman–Crippen LogP) is 3.97. The number of anilines is 1. The fraction of sp³-hybridized carbons (Fsp3) is 0.111. The van der Waals surface area contributed by atoms with Gasteiger partial charge in [0.2, 0.25) is 0 Å². The minimum Gasteiger partial charge on any atom is -0.444 e. The van der Waals surface area contributed by atoms with E-state index in [9.17, 15) is 4.79 Å². The summed E-state index contributed by atoms with van der Waals surface area (Å²) in [5.41, 5.74) is 2.41. The number of benzene rings is 2. The molecule has 0 saturated carbocycles. The molecule has 3 aromatic rings. The third kappa shape index (κ3) is 3.77. The van der Waals surface area contributed by atoms with Crippen LogP contribution in [-0.2, 0) is 17.9 Å². The molecule has 0 aliphatic carbocycles. The number of fused-ring (bicyclic) bond motifs is 1. The van der Waals surface area contributed by atoms with E-state index in [4.69, 9.17) is 4.74 Å². The Kier molecular flexibility index (Phi) is 4.38. The van der Waals surface area contributed by atoms with Gasteiger partial charge in [0.15, 0.2) is 0 Å². The minimum absolute atomic E-state index is 0.239. The summed E-state index contributed by atoms with van der Waals surface area (Å²) in [6, 6.07) is 15.1. The summed E-state index contributed by atoms with van der Waals surface area (Å²) in [5.74, 6) is 0. The Morgan fingerprint density at radius 1 is 1.26 bits per heavy atom. The maximum Gasteiger partial charge on any atom is 0.411 e. The normalized spacial score (nSPS) is 10.4. The third-order valence-corrected chi connectivity index (χ3v) is 3.33. The standard InChI is InChI=1S/C18H17N3O2/c1-2-10-21-12-15-8-9-16(11-17(15)20-21)19-18(22)23-13-14-6-4-3-5-7-14/h2-9,11-12H,1,10,13H2,(H,19,22). The van der Waals surface area contributed by atoms with Crippen molar-refractivity contribution >= 4 is 22.7 Å². The van der Waals surface area contributed by atoms with Gasteiger partial charge in [-0.25, -0.2) is 4.79 Å². The van der Waals surface area contributed by atoms with Crippen LogP contribution in [0.3, 0.4) is 0 Å². The van der Waals surface area contributed by atoms with Crippen LogP contribution in [-0.4, -0.2) is 15.9 Å². The molecule has 2 aromatic carbocycles. The maximum atomic E-state index is 11.9. The molecule has 0 radical (unpaired) electrons. The van der Waals surface area contributed by atoms with E-state index in [-0.39, 0.29) is 6.61 Å². The van der Waals surface area contributed by atoms with E-state index in [0.717, 1.165) is 16.5 Å². The number of nitrogens with one attached hydrogen (secondary N) is 1. The van der Waals surface area contributed by atoms with Crippen molar-refractivity contribution in [1.82, 2.24) is 9.78 Å². The van der Waals surface area contributed by atoms with E-state index in [1.165, 1.54) is 0 Å². The van der Waals surface area contributed by atoms with Crippen molar-refractivity contribution in [2.24, 2.45) is 0 Å². The van der Waals surface area contributed by atoms with Gasteiger partial charge >= 0.3 is 6.09 Å². The van der Waals surface area contributed by atoms with Gasteiger partial charge in [0.1, 0.15) is 6.61 Å². The lowest BCUT2D eigenvalue weighted by atomic mass is 10.2. The molecule has 0 bridgehead atoms. The maximum absolute atomic E-state index is 11.9. The summed E-state index contributed by atoms with van der Waals surface area (Å²) in [4.78, 5) is 11.9. The zero-order valence-corrected chi connectivity index (χ0v) is 12.6. The molecule has 116 valence electrons. The number of aromatic nitrogens is 2. The van der Waals surface area contributed by atoms with E-state index in [0.29, 0.717) is 12.2 Å². The first-order valence-electron chi connectivity index (χ1n) is 7.30. The zero-order valence-electron chi connectivity index (χ0n) is 12.6. The lowest BCUT2D eigenvalue weighted by molar-refractivity contribution is 0.155. The van der Waals surface area contributed by atoms with Gasteiger partial charge in [0.25, 0.3) is 0 Å². The fourth-order valence-corrected chi connectivity index (χ4v) is 2.25. The van der Waals surface area contributed by atoms with Gasteiger partial charge in [-0.05, 0) is 23.8 Å². The van der Waals surface area contributed by atoms with Gasteiger partial charge in [-0.15, -0.1) is 6.58 Å². The van der Waals surface area contributed by atoms with E-state index >= 15 is 0 Å². The van der Waals surface area contributed by atoms with Crippen LogP contribution in [0.25, 0.3) is 10.9 Å². The highest BCUT2D eigenvalue weighted by atomic mass is 16.5. The second kappa shape index (κ2) is 6.79. The number of nitrogens with zero attached hydrogens (tertiary/aromatic N) is 2. The number of ether oxygens (including phenoxy) is 1. The van der Waals surface area contributed by atoms with Crippen LogP contribution < -0.4 is 5.32 Å². The molecule has 1 aromatic heterocycles. The molecule has 23 heavy (non-hydrogen) atoms. The Bertz CT molecular complexity index is 825. The van der Waals surface area contributed by atoms with Crippen LogP contribution in [0.5, 0.6) is 0 Å². The van der Waals surface area contributed by atoms with Gasteiger partial charge in [0.05, 0.1) is 12.1 Å². The van der Waals surface area contributed by atoms with Crippen LogP contribution in [0.4, 0.5) is 10.5 Å². The lowest BCUT2D eigenvalue weighted by Crippen LogP contribution is -2.13. The average Bonchev–Trinajstić information content (AvgIpc) is 2.96. The second-order valence-electron chi connectivity index (χ2n) is 5.10. The van der Waals surface area contributed by atoms with Crippen molar-refractivity contribution < 1.29 is 9.53 Å². The Morgan fingerprint density at radius 2 is 2.09 bits per heavy atom. The summed E-state index contributed by atoms with van der Waals surface area (Å²) in [6.45, 7) is 4.58. The Labute approximate surface area is 134 Å². The first-order chi connectivity index (χ1) is 11.2. The second-order valence-corrected chi connectivity index (χ2v) is 5.10. The quantitative estimate of drug-likeness (QED) is 0.726. The van der Waals surface area contributed by atoms with Crippen LogP contribution in [0, 0.1) is 0 Å². The Balaban J connectivity index is 1.63. The largest absolute Gasteiger partial charge is 0.444 e. The van der Waals surface area contributed by atoms with Crippen LogP contribution in [0.1, 0.15) is 5.56 Å². The third-order valence-electron chi connectivity index (χ3n) is 3.33. The predicted molar refractivity (Wildman–Crippen MR) is 90.2 cm³/mol. The summed E-state index contributed by atoms with van der Waals surface area (Å²) in [7, 11) is 0. The summed E-state index contributed by atoms with van der Waals surface area (Å²) >= 11 is 0. The summed E-state index contributed by atoms with van der Waals surface area (Å²) in [5, 5.41) is 8.14. The number of allylic oxidation sites excluding steroid dienone is 1. The number of hydrogen-bond acceptors (Lipinski definition) is 3. The first kappa shape index (κ1) is 14.8. The fourth-order valence-electron chi connectivity index (χ4n) is 2.25. The van der Waals surface area contributed by atoms with Gasteiger partial charge in [-0.2, -0.15) is 5.10 Å². The van der Waals surface area contributed by atoms with E-state index < -0.39 is 6.09 Å². The molecule has 0 aliphatic heterocycles. The van der Waals surface area contributed by atoms with Crippen LogP contribution >= 0.6 is 0 Å². The molecule has 0 unspecified atom stereocenters. The van der Waals surface area contributed by atoms with Crippen LogP contribution in [0.15, 0.2) is 67.4 Å².